The summed E-state index contributed by atoms with van der Waals surface area (Å²) in [5.74, 6) is -1.58. The number of methoxy groups -OCH3 is 1. The van der Waals surface area contributed by atoms with Gasteiger partial charge in [0.15, 0.2) is 5.75 Å². The molecule has 2 rings (SSSR count). The Balaban J connectivity index is 2.13. The summed E-state index contributed by atoms with van der Waals surface area (Å²) in [6, 6.07) is 4.23. The van der Waals surface area contributed by atoms with E-state index in [9.17, 15) is 18.0 Å². The predicted molar refractivity (Wildman–Crippen MR) is 99.3 cm³/mol. The van der Waals surface area contributed by atoms with Gasteiger partial charge in [-0.25, -0.2) is 13.2 Å². The number of sulfonamides is 1. The van der Waals surface area contributed by atoms with E-state index in [1.54, 1.807) is 20.8 Å². The van der Waals surface area contributed by atoms with Crippen molar-refractivity contribution in [2.24, 2.45) is 5.92 Å². The van der Waals surface area contributed by atoms with Crippen molar-refractivity contribution in [3.63, 3.8) is 0 Å². The third kappa shape index (κ3) is 7.09. The van der Waals surface area contributed by atoms with Crippen LogP contribution in [0.4, 0.5) is 5.69 Å². The van der Waals surface area contributed by atoms with E-state index >= 15 is 0 Å². The first-order valence-corrected chi connectivity index (χ1v) is 10.2. The number of benzene rings is 1. The molecule has 0 aromatic heterocycles. The molecule has 1 aliphatic carbocycles. The van der Waals surface area contributed by atoms with E-state index in [0.717, 1.165) is 12.8 Å². The Morgan fingerprint density at radius 1 is 1.22 bits per heavy atom. The highest BCUT2D eigenvalue weighted by atomic mass is 32.2. The van der Waals surface area contributed by atoms with Crippen LogP contribution in [0.15, 0.2) is 18.2 Å². The average Bonchev–Trinajstić information content (AvgIpc) is 3.33. The van der Waals surface area contributed by atoms with E-state index in [-0.39, 0.29) is 17.0 Å². The molecule has 9 heteroatoms. The van der Waals surface area contributed by atoms with Crippen molar-refractivity contribution in [3.8, 4) is 5.75 Å². The lowest BCUT2D eigenvalue weighted by atomic mass is 10.2. The maximum Gasteiger partial charge on any atom is 0.341 e. The Morgan fingerprint density at radius 3 is 2.44 bits per heavy atom. The van der Waals surface area contributed by atoms with Crippen LogP contribution in [-0.2, 0) is 24.3 Å². The molecule has 0 unspecified atom stereocenters. The maximum atomic E-state index is 12.2. The third-order valence-corrected chi connectivity index (χ3v) is 4.72. The molecule has 0 radical (unpaired) electrons. The van der Waals surface area contributed by atoms with Gasteiger partial charge in [-0.2, -0.15) is 0 Å². The minimum absolute atomic E-state index is 0.178. The normalized spacial score (nSPS) is 14.4. The van der Waals surface area contributed by atoms with Crippen LogP contribution in [-0.4, -0.2) is 45.4 Å². The number of nitrogens with one attached hydrogen (secondary N) is 1. The van der Waals surface area contributed by atoms with Crippen LogP contribution in [0.2, 0.25) is 0 Å². The summed E-state index contributed by atoms with van der Waals surface area (Å²) in [7, 11) is -2.72. The number of carbonyl (C=O) groups is 2. The van der Waals surface area contributed by atoms with Gasteiger partial charge in [-0.05, 0) is 51.7 Å². The summed E-state index contributed by atoms with van der Waals surface area (Å²) in [6.07, 6.45) is 2.13. The summed E-state index contributed by atoms with van der Waals surface area (Å²) in [6.45, 7) is 5.40. The van der Waals surface area contributed by atoms with Crippen LogP contribution >= 0.6 is 0 Å². The summed E-state index contributed by atoms with van der Waals surface area (Å²) in [4.78, 5) is 23.6. The molecule has 1 fully saturated rings. The number of rotatable bonds is 8. The molecule has 0 aliphatic heterocycles. The van der Waals surface area contributed by atoms with E-state index in [2.05, 4.69) is 4.72 Å². The Labute approximate surface area is 159 Å². The van der Waals surface area contributed by atoms with Crippen molar-refractivity contribution in [2.45, 2.75) is 39.2 Å². The summed E-state index contributed by atoms with van der Waals surface area (Å²) in [5, 5.41) is 0. The number of carbonyl (C=O) groups excluding carboxylic acids is 2. The first-order chi connectivity index (χ1) is 12.5. The molecule has 8 nitrogen and oxygen atoms in total. The van der Waals surface area contributed by atoms with Gasteiger partial charge in [0.25, 0.3) is 0 Å². The summed E-state index contributed by atoms with van der Waals surface area (Å²) >= 11 is 0. The molecular weight excluding hydrogens is 374 g/mol. The molecule has 1 aromatic rings. The van der Waals surface area contributed by atoms with Gasteiger partial charge in [0.1, 0.15) is 16.9 Å². The van der Waals surface area contributed by atoms with E-state index in [1.165, 1.54) is 25.3 Å². The van der Waals surface area contributed by atoms with Crippen LogP contribution < -0.4 is 9.46 Å². The first-order valence-electron chi connectivity index (χ1n) is 8.56. The zero-order chi connectivity index (χ0) is 20.2. The van der Waals surface area contributed by atoms with Crippen molar-refractivity contribution in [2.75, 3.05) is 24.2 Å². The first kappa shape index (κ1) is 21.0. The standard InChI is InChI=1S/C18H25NO7S/c1-18(2,3)26-16(20)11-27(22,23)19-13-7-8-14(17(21)24-4)15(9-13)25-10-12-5-6-12/h7-9,12,19H,5-6,10-11H2,1-4H3. The fraction of sp³-hybridized carbons (Fsp3) is 0.556. The second kappa shape index (κ2) is 8.16. The Morgan fingerprint density at radius 2 is 1.89 bits per heavy atom. The van der Waals surface area contributed by atoms with E-state index in [0.29, 0.717) is 12.5 Å². The molecule has 1 saturated carbocycles. The molecule has 1 N–H and O–H groups in total. The Bertz CT molecular complexity index is 807. The number of ether oxygens (including phenoxy) is 3. The number of anilines is 1. The highest BCUT2D eigenvalue weighted by Crippen LogP contribution is 2.31. The molecule has 0 bridgehead atoms. The van der Waals surface area contributed by atoms with Crippen LogP contribution in [0.1, 0.15) is 44.0 Å². The largest absolute Gasteiger partial charge is 0.492 e. The maximum absolute atomic E-state index is 12.2. The number of esters is 2. The van der Waals surface area contributed by atoms with Gasteiger partial charge in [-0.15, -0.1) is 0 Å². The molecule has 0 saturated heterocycles. The van der Waals surface area contributed by atoms with Gasteiger partial charge >= 0.3 is 11.9 Å². The topological polar surface area (TPSA) is 108 Å². The molecule has 150 valence electrons. The van der Waals surface area contributed by atoms with Gasteiger partial charge in [-0.1, -0.05) is 0 Å². The second-order valence-corrected chi connectivity index (χ2v) is 9.13. The van der Waals surface area contributed by atoms with Gasteiger partial charge in [0.2, 0.25) is 10.0 Å². The molecule has 0 spiro atoms. The van der Waals surface area contributed by atoms with Crippen LogP contribution in [0.25, 0.3) is 0 Å². The number of hydrogen-bond donors (Lipinski definition) is 1. The molecule has 1 aromatic carbocycles. The Hall–Kier alpha value is -2.29. The quantitative estimate of drug-likeness (QED) is 0.669. The summed E-state index contributed by atoms with van der Waals surface area (Å²) < 4.78 is 42.1. The van der Waals surface area contributed by atoms with Crippen LogP contribution in [0, 0.1) is 5.92 Å². The SMILES string of the molecule is COC(=O)c1ccc(NS(=O)(=O)CC(=O)OC(C)(C)C)cc1OCC1CC1. The van der Waals surface area contributed by atoms with Gasteiger partial charge in [0, 0.05) is 6.07 Å². The average molecular weight is 399 g/mol. The minimum Gasteiger partial charge on any atom is -0.492 e. The zero-order valence-corrected chi connectivity index (χ0v) is 16.7. The highest BCUT2D eigenvalue weighted by Gasteiger charge is 2.25. The molecule has 27 heavy (non-hydrogen) atoms. The Kier molecular flexibility index (Phi) is 6.35. The van der Waals surface area contributed by atoms with Crippen molar-refractivity contribution < 1.29 is 32.2 Å². The predicted octanol–water partition coefficient (Wildman–Crippen LogP) is 2.35. The van der Waals surface area contributed by atoms with Crippen LogP contribution in [0.3, 0.4) is 0 Å². The number of hydrogen-bond acceptors (Lipinski definition) is 7. The zero-order valence-electron chi connectivity index (χ0n) is 15.9. The van der Waals surface area contributed by atoms with Gasteiger partial charge < -0.3 is 14.2 Å². The highest BCUT2D eigenvalue weighted by molar-refractivity contribution is 7.93. The van der Waals surface area contributed by atoms with Crippen molar-refractivity contribution in [3.05, 3.63) is 23.8 Å². The minimum atomic E-state index is -3.98. The molecule has 0 heterocycles. The lowest BCUT2D eigenvalue weighted by Crippen LogP contribution is -2.30. The van der Waals surface area contributed by atoms with Gasteiger partial charge in [0.05, 0.1) is 19.4 Å². The van der Waals surface area contributed by atoms with Gasteiger partial charge in [-0.3, -0.25) is 9.52 Å². The monoisotopic (exact) mass is 399 g/mol. The van der Waals surface area contributed by atoms with E-state index in [4.69, 9.17) is 14.2 Å². The second-order valence-electron chi connectivity index (χ2n) is 7.40. The van der Waals surface area contributed by atoms with E-state index < -0.39 is 33.3 Å². The van der Waals surface area contributed by atoms with Crippen molar-refractivity contribution >= 4 is 27.6 Å². The fourth-order valence-electron chi connectivity index (χ4n) is 2.22. The molecular formula is C18H25NO7S. The molecule has 0 atom stereocenters. The van der Waals surface area contributed by atoms with Crippen molar-refractivity contribution in [1.82, 2.24) is 0 Å². The fourth-order valence-corrected chi connectivity index (χ4v) is 3.15. The smallest absolute Gasteiger partial charge is 0.341 e. The third-order valence-electron chi connectivity index (χ3n) is 3.56. The lowest BCUT2D eigenvalue weighted by Gasteiger charge is -2.19. The van der Waals surface area contributed by atoms with Crippen molar-refractivity contribution in [1.29, 1.82) is 0 Å². The molecule has 0 amide bonds. The lowest BCUT2D eigenvalue weighted by molar-refractivity contribution is -0.151. The summed E-state index contributed by atoms with van der Waals surface area (Å²) in [5.41, 5.74) is -0.399. The van der Waals surface area contributed by atoms with Crippen LogP contribution in [0.5, 0.6) is 5.75 Å². The van der Waals surface area contributed by atoms with E-state index in [1.807, 2.05) is 0 Å². The molecule has 1 aliphatic rings.